The van der Waals surface area contributed by atoms with Crippen LogP contribution in [0.25, 0.3) is 0 Å². The van der Waals surface area contributed by atoms with Gasteiger partial charge < -0.3 is 10.6 Å². The molecule has 2 atom stereocenters. The SMILES string of the molecule is Cl.NC1CCCC(C(=O)N(Cc2ccccc2F)c2ccc(F)cc2)C1. The number of hydrogen-bond donors (Lipinski definition) is 1. The van der Waals surface area contributed by atoms with Gasteiger partial charge in [-0.15, -0.1) is 12.4 Å². The molecule has 26 heavy (non-hydrogen) atoms. The smallest absolute Gasteiger partial charge is 0.230 e. The molecule has 0 spiro atoms. The summed E-state index contributed by atoms with van der Waals surface area (Å²) in [5, 5.41) is 0. The molecule has 1 fully saturated rings. The van der Waals surface area contributed by atoms with Gasteiger partial charge in [-0.05, 0) is 49.6 Å². The summed E-state index contributed by atoms with van der Waals surface area (Å²) in [6.45, 7) is 0.114. The fourth-order valence-electron chi connectivity index (χ4n) is 3.39. The van der Waals surface area contributed by atoms with Crippen molar-refractivity contribution in [2.24, 2.45) is 11.7 Å². The predicted octanol–water partition coefficient (Wildman–Crippen LogP) is 4.44. The lowest BCUT2D eigenvalue weighted by atomic mass is 9.85. The number of carbonyl (C=O) groups excluding carboxylic acids is 1. The average Bonchev–Trinajstić information content (AvgIpc) is 2.61. The van der Waals surface area contributed by atoms with Gasteiger partial charge in [-0.1, -0.05) is 24.6 Å². The zero-order valence-corrected chi connectivity index (χ0v) is 15.2. The minimum atomic E-state index is -0.373. The molecule has 0 saturated heterocycles. The van der Waals surface area contributed by atoms with Gasteiger partial charge in [0.25, 0.3) is 0 Å². The first-order valence-corrected chi connectivity index (χ1v) is 8.60. The average molecular weight is 381 g/mol. The number of nitrogens with two attached hydrogens (primary N) is 1. The van der Waals surface area contributed by atoms with Gasteiger partial charge in [-0.3, -0.25) is 4.79 Å². The Balaban J connectivity index is 0.00000243. The van der Waals surface area contributed by atoms with Gasteiger partial charge in [-0.2, -0.15) is 0 Å². The quantitative estimate of drug-likeness (QED) is 0.852. The molecule has 1 amide bonds. The Morgan fingerprint density at radius 1 is 1.08 bits per heavy atom. The molecule has 1 aliphatic rings. The van der Waals surface area contributed by atoms with Crippen molar-refractivity contribution in [1.82, 2.24) is 0 Å². The van der Waals surface area contributed by atoms with Gasteiger partial charge in [0, 0.05) is 23.2 Å². The summed E-state index contributed by atoms with van der Waals surface area (Å²) in [6, 6.07) is 12.1. The lowest BCUT2D eigenvalue weighted by Gasteiger charge is -2.31. The number of rotatable bonds is 4. The van der Waals surface area contributed by atoms with Crippen molar-refractivity contribution in [3.05, 3.63) is 65.7 Å². The minimum absolute atomic E-state index is 0. The van der Waals surface area contributed by atoms with Crippen molar-refractivity contribution < 1.29 is 13.6 Å². The van der Waals surface area contributed by atoms with E-state index in [1.165, 1.54) is 18.2 Å². The molecule has 0 radical (unpaired) electrons. The number of anilines is 1. The van der Waals surface area contributed by atoms with Crippen LogP contribution in [0.4, 0.5) is 14.5 Å². The Kier molecular flexibility index (Phi) is 7.12. The number of halogens is 3. The van der Waals surface area contributed by atoms with E-state index in [0.29, 0.717) is 17.7 Å². The molecule has 2 unspecified atom stereocenters. The lowest BCUT2D eigenvalue weighted by molar-refractivity contribution is -0.123. The summed E-state index contributed by atoms with van der Waals surface area (Å²) in [5.41, 5.74) is 7.01. The van der Waals surface area contributed by atoms with E-state index in [1.54, 1.807) is 35.2 Å². The van der Waals surface area contributed by atoms with E-state index in [0.717, 1.165) is 19.3 Å². The molecule has 2 aromatic carbocycles. The lowest BCUT2D eigenvalue weighted by Crippen LogP contribution is -2.40. The van der Waals surface area contributed by atoms with Gasteiger partial charge in [0.05, 0.1) is 6.54 Å². The first kappa shape index (κ1) is 20.3. The van der Waals surface area contributed by atoms with Crippen LogP contribution in [-0.2, 0) is 11.3 Å². The number of carbonyl (C=O) groups is 1. The summed E-state index contributed by atoms with van der Waals surface area (Å²) in [4.78, 5) is 14.6. The summed E-state index contributed by atoms with van der Waals surface area (Å²) in [5.74, 6) is -0.991. The Morgan fingerprint density at radius 3 is 2.42 bits per heavy atom. The normalized spacial score (nSPS) is 19.5. The summed E-state index contributed by atoms with van der Waals surface area (Å²) in [7, 11) is 0. The molecule has 0 bridgehead atoms. The van der Waals surface area contributed by atoms with Crippen molar-refractivity contribution in [3.63, 3.8) is 0 Å². The third kappa shape index (κ3) is 4.80. The zero-order valence-electron chi connectivity index (χ0n) is 14.4. The first-order chi connectivity index (χ1) is 12.0. The van der Waals surface area contributed by atoms with Crippen LogP contribution >= 0.6 is 12.4 Å². The Hall–Kier alpha value is -1.98. The van der Waals surface area contributed by atoms with E-state index in [1.807, 2.05) is 0 Å². The van der Waals surface area contributed by atoms with Crippen molar-refractivity contribution in [1.29, 1.82) is 0 Å². The molecule has 6 heteroatoms. The molecule has 140 valence electrons. The third-order valence-electron chi connectivity index (χ3n) is 4.75. The topological polar surface area (TPSA) is 46.3 Å². The minimum Gasteiger partial charge on any atom is -0.328 e. The molecule has 1 saturated carbocycles. The molecule has 0 aliphatic heterocycles. The van der Waals surface area contributed by atoms with Crippen LogP contribution in [0.3, 0.4) is 0 Å². The second-order valence-corrected chi connectivity index (χ2v) is 6.62. The third-order valence-corrected chi connectivity index (χ3v) is 4.75. The maximum absolute atomic E-state index is 14.1. The molecule has 3 rings (SSSR count). The first-order valence-electron chi connectivity index (χ1n) is 8.60. The monoisotopic (exact) mass is 380 g/mol. The van der Waals surface area contributed by atoms with Gasteiger partial charge in [0.15, 0.2) is 0 Å². The van der Waals surface area contributed by atoms with Crippen molar-refractivity contribution in [2.75, 3.05) is 4.90 Å². The van der Waals surface area contributed by atoms with E-state index in [4.69, 9.17) is 5.73 Å². The number of nitrogens with zero attached hydrogens (tertiary/aromatic N) is 1. The highest BCUT2D eigenvalue weighted by atomic mass is 35.5. The molecule has 0 aromatic heterocycles. The molecule has 1 aliphatic carbocycles. The molecular weight excluding hydrogens is 358 g/mol. The van der Waals surface area contributed by atoms with Crippen molar-refractivity contribution >= 4 is 24.0 Å². The summed E-state index contributed by atoms with van der Waals surface area (Å²) >= 11 is 0. The molecule has 0 heterocycles. The molecule has 2 aromatic rings. The van der Waals surface area contributed by atoms with E-state index in [9.17, 15) is 13.6 Å². The van der Waals surface area contributed by atoms with Gasteiger partial charge in [0.1, 0.15) is 11.6 Å². The molecular formula is C20H23ClF2N2O. The largest absolute Gasteiger partial charge is 0.328 e. The Bertz CT molecular complexity index is 739. The standard InChI is InChI=1S/C20H22F2N2O.ClH/c21-16-8-10-18(11-9-16)24(13-15-4-1-2-7-19(15)22)20(25)14-5-3-6-17(23)12-14;/h1-2,4,7-11,14,17H,3,5-6,12-13,23H2;1H. The Morgan fingerprint density at radius 2 is 1.77 bits per heavy atom. The maximum Gasteiger partial charge on any atom is 0.230 e. The van der Waals surface area contributed by atoms with Gasteiger partial charge >= 0.3 is 0 Å². The maximum atomic E-state index is 14.1. The van der Waals surface area contributed by atoms with Crippen LogP contribution in [-0.4, -0.2) is 11.9 Å². The van der Waals surface area contributed by atoms with Crippen LogP contribution in [0.15, 0.2) is 48.5 Å². The van der Waals surface area contributed by atoms with E-state index >= 15 is 0 Å². The second kappa shape index (κ2) is 9.10. The van der Waals surface area contributed by atoms with Crippen LogP contribution in [0.1, 0.15) is 31.2 Å². The van der Waals surface area contributed by atoms with Crippen LogP contribution in [0, 0.1) is 17.6 Å². The predicted molar refractivity (Wildman–Crippen MR) is 101 cm³/mol. The highest BCUT2D eigenvalue weighted by Crippen LogP contribution is 2.28. The fraction of sp³-hybridized carbons (Fsp3) is 0.350. The second-order valence-electron chi connectivity index (χ2n) is 6.62. The number of amides is 1. The highest BCUT2D eigenvalue weighted by Gasteiger charge is 2.30. The van der Waals surface area contributed by atoms with Crippen molar-refractivity contribution in [3.8, 4) is 0 Å². The number of hydrogen-bond acceptors (Lipinski definition) is 2. The molecule has 3 nitrogen and oxygen atoms in total. The van der Waals surface area contributed by atoms with Crippen LogP contribution < -0.4 is 10.6 Å². The van der Waals surface area contributed by atoms with E-state index in [2.05, 4.69) is 0 Å². The Labute approximate surface area is 158 Å². The van der Waals surface area contributed by atoms with Crippen molar-refractivity contribution in [2.45, 2.75) is 38.3 Å². The van der Waals surface area contributed by atoms with E-state index in [-0.39, 0.29) is 48.5 Å². The molecule has 2 N–H and O–H groups in total. The van der Waals surface area contributed by atoms with Crippen LogP contribution in [0.5, 0.6) is 0 Å². The fourth-order valence-corrected chi connectivity index (χ4v) is 3.39. The number of benzene rings is 2. The summed E-state index contributed by atoms with van der Waals surface area (Å²) in [6.07, 6.45) is 3.25. The van der Waals surface area contributed by atoms with Gasteiger partial charge in [0.2, 0.25) is 5.91 Å². The van der Waals surface area contributed by atoms with E-state index < -0.39 is 0 Å². The highest BCUT2D eigenvalue weighted by molar-refractivity contribution is 5.95. The van der Waals surface area contributed by atoms with Gasteiger partial charge in [-0.25, -0.2) is 8.78 Å². The van der Waals surface area contributed by atoms with Crippen LogP contribution in [0.2, 0.25) is 0 Å². The zero-order chi connectivity index (χ0) is 17.8. The summed E-state index contributed by atoms with van der Waals surface area (Å²) < 4.78 is 27.3.